The van der Waals surface area contributed by atoms with Crippen LogP contribution >= 0.6 is 11.6 Å². The van der Waals surface area contributed by atoms with Crippen molar-refractivity contribution in [1.82, 2.24) is 4.98 Å². The van der Waals surface area contributed by atoms with Crippen molar-refractivity contribution in [2.75, 3.05) is 0 Å². The molecule has 4 rings (SSSR count). The number of ether oxygens (including phenoxy) is 2. The molecule has 0 spiro atoms. The lowest BCUT2D eigenvalue weighted by Gasteiger charge is -2.26. The molecular formula is C20H16ClNO2. The maximum atomic E-state index is 6.15. The number of hydrogen-bond acceptors (Lipinski definition) is 3. The first-order valence-electron chi connectivity index (χ1n) is 7.92. The zero-order valence-corrected chi connectivity index (χ0v) is 13.7. The fourth-order valence-electron chi connectivity index (χ4n) is 2.87. The van der Waals surface area contributed by atoms with Crippen molar-refractivity contribution in [2.24, 2.45) is 0 Å². The average molecular weight is 338 g/mol. The highest BCUT2D eigenvalue weighted by atomic mass is 35.5. The van der Waals surface area contributed by atoms with Crippen molar-refractivity contribution < 1.29 is 9.47 Å². The second-order valence-corrected chi connectivity index (χ2v) is 6.18. The first-order valence-corrected chi connectivity index (χ1v) is 8.30. The first-order chi connectivity index (χ1) is 11.8. The predicted octanol–water partition coefficient (Wildman–Crippen LogP) is 5.59. The van der Waals surface area contributed by atoms with Crippen LogP contribution in [0.5, 0.6) is 17.4 Å². The van der Waals surface area contributed by atoms with E-state index >= 15 is 0 Å². The summed E-state index contributed by atoms with van der Waals surface area (Å²) < 4.78 is 11.9. The Kier molecular flexibility index (Phi) is 4.09. The minimum atomic E-state index is 0.114. The summed E-state index contributed by atoms with van der Waals surface area (Å²) in [5.41, 5.74) is 2.38. The van der Waals surface area contributed by atoms with Crippen LogP contribution in [0.1, 0.15) is 23.7 Å². The molecule has 3 nitrogen and oxygen atoms in total. The molecule has 0 saturated heterocycles. The van der Waals surface area contributed by atoms with Crippen LogP contribution in [0.4, 0.5) is 0 Å². The van der Waals surface area contributed by atoms with Gasteiger partial charge in [-0.2, -0.15) is 0 Å². The Hall–Kier alpha value is -2.52. The van der Waals surface area contributed by atoms with E-state index in [9.17, 15) is 0 Å². The molecule has 0 saturated carbocycles. The summed E-state index contributed by atoms with van der Waals surface area (Å²) in [6, 6.07) is 19.7. The fraction of sp³-hybridized carbons (Fsp3) is 0.150. The van der Waals surface area contributed by atoms with Crippen LogP contribution in [0.2, 0.25) is 5.02 Å². The Morgan fingerprint density at radius 3 is 2.71 bits per heavy atom. The summed E-state index contributed by atoms with van der Waals surface area (Å²) in [5, 5.41) is 0.591. The van der Waals surface area contributed by atoms with E-state index < -0.39 is 0 Å². The lowest BCUT2D eigenvalue weighted by atomic mass is 9.97. The summed E-state index contributed by atoms with van der Waals surface area (Å²) >= 11 is 5.84. The maximum Gasteiger partial charge on any atom is 0.219 e. The summed E-state index contributed by atoms with van der Waals surface area (Å²) in [7, 11) is 0. The van der Waals surface area contributed by atoms with Crippen LogP contribution in [-0.4, -0.2) is 4.98 Å². The predicted molar refractivity (Wildman–Crippen MR) is 93.9 cm³/mol. The second kappa shape index (κ2) is 6.54. The highest BCUT2D eigenvalue weighted by Crippen LogP contribution is 2.37. The maximum absolute atomic E-state index is 6.15. The Morgan fingerprint density at radius 1 is 1.04 bits per heavy atom. The number of fused-ring (bicyclic) bond motifs is 1. The molecule has 1 aliphatic rings. The molecule has 1 atom stereocenters. The van der Waals surface area contributed by atoms with Crippen molar-refractivity contribution in [3.8, 4) is 17.4 Å². The third kappa shape index (κ3) is 3.22. The zero-order valence-electron chi connectivity index (χ0n) is 13.0. The summed E-state index contributed by atoms with van der Waals surface area (Å²) in [4.78, 5) is 4.15. The zero-order chi connectivity index (χ0) is 16.4. The Morgan fingerprint density at radius 2 is 1.92 bits per heavy atom. The Balaban J connectivity index is 1.52. The van der Waals surface area contributed by atoms with E-state index in [1.165, 1.54) is 5.56 Å². The molecule has 1 aliphatic heterocycles. The Bertz CT molecular complexity index is 834. The van der Waals surface area contributed by atoms with Gasteiger partial charge in [-0.05, 0) is 48.2 Å². The molecule has 0 aliphatic carbocycles. The molecular weight excluding hydrogens is 322 g/mol. The normalized spacial score (nSPS) is 16.1. The quantitative estimate of drug-likeness (QED) is 0.624. The van der Waals surface area contributed by atoms with Crippen LogP contribution in [0.3, 0.4) is 0 Å². The number of aromatic nitrogens is 1. The van der Waals surface area contributed by atoms with E-state index in [0.717, 1.165) is 29.9 Å². The molecule has 4 heteroatoms. The minimum Gasteiger partial charge on any atom is -0.485 e. The van der Waals surface area contributed by atoms with Gasteiger partial charge in [0.2, 0.25) is 5.88 Å². The van der Waals surface area contributed by atoms with Gasteiger partial charge in [0, 0.05) is 12.3 Å². The van der Waals surface area contributed by atoms with Gasteiger partial charge in [0.1, 0.15) is 17.6 Å². The molecule has 24 heavy (non-hydrogen) atoms. The van der Waals surface area contributed by atoms with E-state index in [1.54, 1.807) is 18.3 Å². The van der Waals surface area contributed by atoms with Gasteiger partial charge in [0.15, 0.2) is 0 Å². The average Bonchev–Trinajstić information content (AvgIpc) is 2.64. The van der Waals surface area contributed by atoms with Crippen molar-refractivity contribution in [3.63, 3.8) is 0 Å². The van der Waals surface area contributed by atoms with Crippen LogP contribution in [-0.2, 0) is 6.42 Å². The largest absolute Gasteiger partial charge is 0.485 e. The number of halogens is 1. The third-order valence-electron chi connectivity index (χ3n) is 4.07. The van der Waals surface area contributed by atoms with Crippen molar-refractivity contribution in [1.29, 1.82) is 0 Å². The molecule has 0 bridgehead atoms. The van der Waals surface area contributed by atoms with Gasteiger partial charge >= 0.3 is 0 Å². The van der Waals surface area contributed by atoms with Gasteiger partial charge in [0.25, 0.3) is 0 Å². The lowest BCUT2D eigenvalue weighted by molar-refractivity contribution is 0.176. The van der Waals surface area contributed by atoms with Gasteiger partial charge in [-0.15, -0.1) is 0 Å². The van der Waals surface area contributed by atoms with E-state index in [-0.39, 0.29) is 6.10 Å². The van der Waals surface area contributed by atoms with Crippen LogP contribution in [0.15, 0.2) is 66.9 Å². The Labute approximate surface area is 145 Å². The number of hydrogen-bond donors (Lipinski definition) is 0. The number of rotatable bonds is 3. The SMILES string of the molecule is Clc1ccc(Oc2ccc3c(c2)CCC(c2ccccc2)O3)nc1. The van der Waals surface area contributed by atoms with E-state index in [4.69, 9.17) is 21.1 Å². The number of nitrogens with zero attached hydrogens (tertiary/aromatic N) is 1. The molecule has 0 amide bonds. The van der Waals surface area contributed by atoms with Gasteiger partial charge in [-0.1, -0.05) is 41.9 Å². The highest BCUT2D eigenvalue weighted by Gasteiger charge is 2.21. The minimum absolute atomic E-state index is 0.114. The standard InChI is InChI=1S/C20H16ClNO2/c21-16-7-11-20(22-13-16)23-17-8-10-19-15(12-17)6-9-18(24-19)14-4-2-1-3-5-14/h1-5,7-8,10-13,18H,6,9H2. The summed E-state index contributed by atoms with van der Waals surface area (Å²) in [6.45, 7) is 0. The monoisotopic (exact) mass is 337 g/mol. The number of pyridine rings is 1. The molecule has 3 aromatic rings. The summed E-state index contributed by atoms with van der Waals surface area (Å²) in [5.74, 6) is 2.20. The summed E-state index contributed by atoms with van der Waals surface area (Å²) in [6.07, 6.45) is 3.60. The van der Waals surface area contributed by atoms with Gasteiger partial charge < -0.3 is 9.47 Å². The van der Waals surface area contributed by atoms with Crippen LogP contribution < -0.4 is 9.47 Å². The third-order valence-corrected chi connectivity index (χ3v) is 4.29. The molecule has 2 heterocycles. The van der Waals surface area contributed by atoms with Gasteiger partial charge in [0.05, 0.1) is 5.02 Å². The first kappa shape index (κ1) is 15.0. The van der Waals surface area contributed by atoms with E-state index in [2.05, 4.69) is 17.1 Å². The van der Waals surface area contributed by atoms with E-state index in [1.807, 2.05) is 36.4 Å². The highest BCUT2D eigenvalue weighted by molar-refractivity contribution is 6.30. The fourth-order valence-corrected chi connectivity index (χ4v) is 2.99. The van der Waals surface area contributed by atoms with Gasteiger partial charge in [-0.3, -0.25) is 0 Å². The van der Waals surface area contributed by atoms with E-state index in [0.29, 0.717) is 10.9 Å². The number of benzene rings is 2. The van der Waals surface area contributed by atoms with Crippen molar-refractivity contribution >= 4 is 11.6 Å². The molecule has 0 fully saturated rings. The second-order valence-electron chi connectivity index (χ2n) is 5.74. The molecule has 1 unspecified atom stereocenters. The van der Waals surface area contributed by atoms with Crippen LogP contribution in [0, 0.1) is 0 Å². The molecule has 0 radical (unpaired) electrons. The molecule has 0 N–H and O–H groups in total. The molecule has 1 aromatic heterocycles. The molecule has 2 aromatic carbocycles. The van der Waals surface area contributed by atoms with Crippen molar-refractivity contribution in [2.45, 2.75) is 18.9 Å². The van der Waals surface area contributed by atoms with Crippen LogP contribution in [0.25, 0.3) is 0 Å². The smallest absolute Gasteiger partial charge is 0.219 e. The van der Waals surface area contributed by atoms with Crippen molar-refractivity contribution in [3.05, 3.63) is 83.0 Å². The lowest BCUT2D eigenvalue weighted by Crippen LogP contribution is -2.15. The molecule has 120 valence electrons. The van der Waals surface area contributed by atoms with Gasteiger partial charge in [-0.25, -0.2) is 4.98 Å². The topological polar surface area (TPSA) is 31.4 Å². The number of aryl methyl sites for hydroxylation is 1.